The molecule has 1 N–H and O–H groups in total. The van der Waals surface area contributed by atoms with Crippen LogP contribution in [0.5, 0.6) is 5.75 Å². The molecule has 0 saturated heterocycles. The van der Waals surface area contributed by atoms with Gasteiger partial charge < -0.3 is 9.84 Å². The number of halogens is 3. The first-order valence-electron chi connectivity index (χ1n) is 5.71. The summed E-state index contributed by atoms with van der Waals surface area (Å²) < 4.78 is 42.1. The summed E-state index contributed by atoms with van der Waals surface area (Å²) in [7, 11) is 0. The molecule has 0 aliphatic carbocycles. The summed E-state index contributed by atoms with van der Waals surface area (Å²) in [6.45, 7) is 4.42. The first-order valence-corrected chi connectivity index (χ1v) is 5.71. The molecule has 1 aliphatic heterocycles. The monoisotopic (exact) mass is 260 g/mol. The second kappa shape index (κ2) is 4.16. The third-order valence-corrected chi connectivity index (χ3v) is 3.13. The van der Waals surface area contributed by atoms with E-state index in [1.807, 2.05) is 13.8 Å². The molecule has 0 fully saturated rings. The highest BCUT2D eigenvalue weighted by Gasteiger charge is 2.35. The van der Waals surface area contributed by atoms with Crippen LogP contribution in [-0.2, 0) is 5.41 Å². The van der Waals surface area contributed by atoms with Gasteiger partial charge in [-0.2, -0.15) is 13.2 Å². The van der Waals surface area contributed by atoms with Crippen molar-refractivity contribution in [3.63, 3.8) is 0 Å². The Morgan fingerprint density at radius 1 is 1.39 bits per heavy atom. The van der Waals surface area contributed by atoms with E-state index in [2.05, 4.69) is 0 Å². The van der Waals surface area contributed by atoms with Crippen LogP contribution in [-0.4, -0.2) is 17.9 Å². The minimum Gasteiger partial charge on any atom is -0.492 e. The van der Waals surface area contributed by atoms with Crippen LogP contribution in [0.3, 0.4) is 0 Å². The molecule has 1 unspecified atom stereocenters. The van der Waals surface area contributed by atoms with Crippen molar-refractivity contribution in [2.75, 3.05) is 6.61 Å². The normalized spacial score (nSPS) is 19.2. The molecule has 5 heteroatoms. The zero-order valence-corrected chi connectivity index (χ0v) is 10.2. The van der Waals surface area contributed by atoms with Gasteiger partial charge in [-0.3, -0.25) is 0 Å². The highest BCUT2D eigenvalue weighted by molar-refractivity contribution is 5.45. The van der Waals surface area contributed by atoms with Gasteiger partial charge in [-0.15, -0.1) is 0 Å². The van der Waals surface area contributed by atoms with Gasteiger partial charge in [0.05, 0.1) is 19.1 Å². The zero-order valence-electron chi connectivity index (χ0n) is 10.2. The number of ether oxygens (including phenoxy) is 1. The summed E-state index contributed by atoms with van der Waals surface area (Å²) in [5, 5.41) is 9.60. The Balaban J connectivity index is 2.27. The van der Waals surface area contributed by atoms with Crippen molar-refractivity contribution < 1.29 is 23.0 Å². The number of hydrogen-bond acceptors (Lipinski definition) is 2. The van der Waals surface area contributed by atoms with Crippen molar-refractivity contribution >= 4 is 0 Å². The standard InChI is InChI=1S/C13H15F3O2/c1-12(2)7-18-11-4-3-8(5-9(11)12)10(17)6-13(14,15)16/h3-5,10,17H,6-7H2,1-2H3. The van der Waals surface area contributed by atoms with Gasteiger partial charge in [-0.1, -0.05) is 19.9 Å². The molecule has 1 aromatic rings. The van der Waals surface area contributed by atoms with Gasteiger partial charge in [0.15, 0.2) is 0 Å². The number of fused-ring (bicyclic) bond motifs is 1. The first-order chi connectivity index (χ1) is 8.19. The van der Waals surface area contributed by atoms with E-state index in [1.165, 1.54) is 6.07 Å². The van der Waals surface area contributed by atoms with E-state index in [0.29, 0.717) is 12.4 Å². The Hall–Kier alpha value is -1.23. The van der Waals surface area contributed by atoms with E-state index < -0.39 is 18.7 Å². The lowest BCUT2D eigenvalue weighted by atomic mass is 9.85. The molecule has 0 saturated carbocycles. The highest BCUT2D eigenvalue weighted by atomic mass is 19.4. The second-order valence-electron chi connectivity index (χ2n) is 5.26. The summed E-state index contributed by atoms with van der Waals surface area (Å²) in [5.41, 5.74) is 0.898. The topological polar surface area (TPSA) is 29.5 Å². The maximum absolute atomic E-state index is 12.2. The Morgan fingerprint density at radius 3 is 2.67 bits per heavy atom. The molecular formula is C13H15F3O2. The van der Waals surface area contributed by atoms with Crippen LogP contribution in [0.15, 0.2) is 18.2 Å². The molecule has 0 bridgehead atoms. The average molecular weight is 260 g/mol. The lowest BCUT2D eigenvalue weighted by Gasteiger charge is -2.18. The van der Waals surface area contributed by atoms with Gasteiger partial charge in [0.2, 0.25) is 0 Å². The van der Waals surface area contributed by atoms with Gasteiger partial charge in [0.1, 0.15) is 5.75 Å². The van der Waals surface area contributed by atoms with Gasteiger partial charge in [0, 0.05) is 11.0 Å². The summed E-state index contributed by atoms with van der Waals surface area (Å²) in [4.78, 5) is 0. The molecule has 1 aliphatic rings. The van der Waals surface area contributed by atoms with E-state index in [4.69, 9.17) is 4.74 Å². The summed E-state index contributed by atoms with van der Waals surface area (Å²) in [6, 6.07) is 4.72. The summed E-state index contributed by atoms with van der Waals surface area (Å²) in [5.74, 6) is 0.683. The van der Waals surface area contributed by atoms with E-state index >= 15 is 0 Å². The molecule has 1 aromatic carbocycles. The van der Waals surface area contributed by atoms with Gasteiger partial charge in [0.25, 0.3) is 0 Å². The summed E-state index contributed by atoms with van der Waals surface area (Å²) >= 11 is 0. The van der Waals surface area contributed by atoms with E-state index in [-0.39, 0.29) is 11.0 Å². The average Bonchev–Trinajstić information content (AvgIpc) is 2.52. The lowest BCUT2D eigenvalue weighted by Crippen LogP contribution is -2.19. The molecule has 2 rings (SSSR count). The van der Waals surface area contributed by atoms with Crippen molar-refractivity contribution in [3.8, 4) is 5.75 Å². The van der Waals surface area contributed by atoms with Crippen LogP contribution in [0, 0.1) is 0 Å². The number of benzene rings is 1. The van der Waals surface area contributed by atoms with Crippen LogP contribution in [0.25, 0.3) is 0 Å². The van der Waals surface area contributed by atoms with Gasteiger partial charge in [-0.05, 0) is 17.7 Å². The lowest BCUT2D eigenvalue weighted by molar-refractivity contribution is -0.154. The second-order valence-corrected chi connectivity index (χ2v) is 5.26. The van der Waals surface area contributed by atoms with Crippen molar-refractivity contribution in [2.45, 2.75) is 38.0 Å². The van der Waals surface area contributed by atoms with Crippen LogP contribution in [0.1, 0.15) is 37.5 Å². The zero-order chi connectivity index (χ0) is 13.6. The molecule has 18 heavy (non-hydrogen) atoms. The van der Waals surface area contributed by atoms with Crippen LogP contribution >= 0.6 is 0 Å². The SMILES string of the molecule is CC1(C)COc2ccc(C(O)CC(F)(F)F)cc21. The molecule has 0 spiro atoms. The highest BCUT2D eigenvalue weighted by Crippen LogP contribution is 2.40. The van der Waals surface area contributed by atoms with Crippen molar-refractivity contribution in [2.24, 2.45) is 0 Å². The molecule has 0 amide bonds. The predicted molar refractivity (Wildman–Crippen MR) is 60.6 cm³/mol. The van der Waals surface area contributed by atoms with Crippen molar-refractivity contribution in [3.05, 3.63) is 29.3 Å². The quantitative estimate of drug-likeness (QED) is 0.883. The Morgan fingerprint density at radius 2 is 2.06 bits per heavy atom. The molecule has 1 heterocycles. The number of hydrogen-bond donors (Lipinski definition) is 1. The van der Waals surface area contributed by atoms with Crippen molar-refractivity contribution in [1.29, 1.82) is 0 Å². The van der Waals surface area contributed by atoms with Crippen LogP contribution in [0.4, 0.5) is 13.2 Å². The van der Waals surface area contributed by atoms with Gasteiger partial charge >= 0.3 is 6.18 Å². The molecular weight excluding hydrogens is 245 g/mol. The van der Waals surface area contributed by atoms with Crippen LogP contribution < -0.4 is 4.74 Å². The minimum absolute atomic E-state index is 0.233. The Kier molecular flexibility index (Phi) is 3.05. The summed E-state index contributed by atoms with van der Waals surface area (Å²) in [6.07, 6.45) is -7.12. The largest absolute Gasteiger partial charge is 0.492 e. The smallest absolute Gasteiger partial charge is 0.391 e. The number of aliphatic hydroxyl groups is 1. The maximum atomic E-state index is 12.2. The van der Waals surface area contributed by atoms with E-state index in [9.17, 15) is 18.3 Å². The third kappa shape index (κ3) is 2.61. The Bertz CT molecular complexity index is 452. The predicted octanol–water partition coefficient (Wildman–Crippen LogP) is 3.34. The molecule has 0 radical (unpaired) electrons. The maximum Gasteiger partial charge on any atom is 0.391 e. The molecule has 2 nitrogen and oxygen atoms in total. The number of rotatable bonds is 2. The Labute approximate surface area is 103 Å². The van der Waals surface area contributed by atoms with Gasteiger partial charge in [-0.25, -0.2) is 0 Å². The van der Waals surface area contributed by atoms with Crippen LogP contribution in [0.2, 0.25) is 0 Å². The van der Waals surface area contributed by atoms with E-state index in [1.54, 1.807) is 12.1 Å². The molecule has 0 aromatic heterocycles. The fourth-order valence-corrected chi connectivity index (χ4v) is 2.08. The minimum atomic E-state index is -4.37. The van der Waals surface area contributed by atoms with E-state index in [0.717, 1.165) is 5.56 Å². The number of aliphatic hydroxyl groups excluding tert-OH is 1. The molecule has 1 atom stereocenters. The van der Waals surface area contributed by atoms with Crippen molar-refractivity contribution in [1.82, 2.24) is 0 Å². The number of alkyl halides is 3. The fraction of sp³-hybridized carbons (Fsp3) is 0.538. The first kappa shape index (κ1) is 13.2. The third-order valence-electron chi connectivity index (χ3n) is 3.13. The fourth-order valence-electron chi connectivity index (χ4n) is 2.08. The molecule has 100 valence electrons.